The van der Waals surface area contributed by atoms with Crippen molar-refractivity contribution >= 4 is 34.0 Å². The zero-order valence-electron chi connectivity index (χ0n) is 14.3. The molecule has 0 saturated carbocycles. The third kappa shape index (κ3) is 3.06. The highest BCUT2D eigenvalue weighted by Crippen LogP contribution is 2.35. The van der Waals surface area contributed by atoms with Crippen molar-refractivity contribution in [3.8, 4) is 0 Å². The lowest BCUT2D eigenvalue weighted by Gasteiger charge is -2.32. The fourth-order valence-corrected chi connectivity index (χ4v) is 4.48. The average molecular weight is 355 g/mol. The van der Waals surface area contributed by atoms with E-state index >= 15 is 0 Å². The number of fused-ring (bicyclic) bond motifs is 1. The van der Waals surface area contributed by atoms with Crippen molar-refractivity contribution < 1.29 is 9.59 Å². The summed E-state index contributed by atoms with van der Waals surface area (Å²) in [4.78, 5) is 32.8. The Morgan fingerprint density at radius 2 is 2.16 bits per heavy atom. The minimum Gasteiger partial charge on any atom is -0.312 e. The summed E-state index contributed by atoms with van der Waals surface area (Å²) in [7, 11) is 0. The maximum atomic E-state index is 12.8. The fraction of sp³-hybridized carbons (Fsp3) is 0.421. The van der Waals surface area contributed by atoms with Crippen molar-refractivity contribution in [2.24, 2.45) is 0 Å². The Labute approximate surface area is 151 Å². The smallest absolute Gasteiger partial charge is 0.233 e. The molecule has 0 aliphatic carbocycles. The lowest BCUT2D eigenvalue weighted by molar-refractivity contribution is -0.118. The third-order valence-electron chi connectivity index (χ3n) is 5.02. The Morgan fingerprint density at radius 3 is 2.96 bits per heavy atom. The molecule has 6 heteroatoms. The topological polar surface area (TPSA) is 53.5 Å². The number of hydrogen-bond donors (Lipinski definition) is 0. The molecule has 0 N–H and O–H groups in total. The number of carbonyl (C=O) groups is 2. The quantitative estimate of drug-likeness (QED) is 0.848. The molecule has 25 heavy (non-hydrogen) atoms. The van der Waals surface area contributed by atoms with Crippen molar-refractivity contribution in [1.29, 1.82) is 0 Å². The number of rotatable bonds is 3. The number of amides is 2. The molecule has 2 aromatic rings. The van der Waals surface area contributed by atoms with Crippen LogP contribution in [0, 0.1) is 0 Å². The molecule has 2 amide bonds. The zero-order valence-corrected chi connectivity index (χ0v) is 15.1. The molecule has 5 nitrogen and oxygen atoms in total. The van der Waals surface area contributed by atoms with Gasteiger partial charge in [0.2, 0.25) is 11.8 Å². The van der Waals surface area contributed by atoms with Crippen molar-refractivity contribution in [3.63, 3.8) is 0 Å². The lowest BCUT2D eigenvalue weighted by atomic mass is 9.91. The highest BCUT2D eigenvalue weighted by molar-refractivity contribution is 7.14. The molecule has 1 fully saturated rings. The minimum atomic E-state index is 0.0731. The molecule has 0 radical (unpaired) electrons. The summed E-state index contributed by atoms with van der Waals surface area (Å²) in [5.41, 5.74) is 3.01. The Morgan fingerprint density at radius 1 is 1.32 bits per heavy atom. The molecule has 1 aromatic heterocycles. The van der Waals surface area contributed by atoms with Gasteiger partial charge in [0.1, 0.15) is 0 Å². The van der Waals surface area contributed by atoms with E-state index < -0.39 is 0 Å². The SMILES string of the molecule is C[C@@H]1CCN(C(=O)Cc2csc(N3CCCC3=O)n2)c2ccccc21. The molecule has 0 bridgehead atoms. The summed E-state index contributed by atoms with van der Waals surface area (Å²) in [6, 6.07) is 8.15. The first kappa shape index (κ1) is 16.3. The van der Waals surface area contributed by atoms with Gasteiger partial charge in [0.25, 0.3) is 0 Å². The van der Waals surface area contributed by atoms with Gasteiger partial charge in [0.05, 0.1) is 12.1 Å². The van der Waals surface area contributed by atoms with Crippen molar-refractivity contribution in [1.82, 2.24) is 4.98 Å². The van der Waals surface area contributed by atoms with Crippen LogP contribution in [-0.4, -0.2) is 29.9 Å². The van der Waals surface area contributed by atoms with Gasteiger partial charge in [-0.1, -0.05) is 25.1 Å². The van der Waals surface area contributed by atoms with E-state index in [-0.39, 0.29) is 18.2 Å². The van der Waals surface area contributed by atoms with E-state index in [1.165, 1.54) is 16.9 Å². The summed E-state index contributed by atoms with van der Waals surface area (Å²) in [6.07, 6.45) is 2.74. The third-order valence-corrected chi connectivity index (χ3v) is 5.93. The second-order valence-corrected chi connectivity index (χ2v) is 7.58. The van der Waals surface area contributed by atoms with E-state index in [1.54, 1.807) is 4.90 Å². The van der Waals surface area contributed by atoms with Gasteiger partial charge in [0.15, 0.2) is 5.13 Å². The maximum absolute atomic E-state index is 12.8. The largest absolute Gasteiger partial charge is 0.312 e. The van der Waals surface area contributed by atoms with Crippen molar-refractivity contribution in [2.75, 3.05) is 22.9 Å². The second kappa shape index (κ2) is 6.59. The predicted octanol–water partition coefficient (Wildman–Crippen LogP) is 3.35. The summed E-state index contributed by atoms with van der Waals surface area (Å²) < 4.78 is 0. The number of para-hydroxylation sites is 1. The predicted molar refractivity (Wildman–Crippen MR) is 99.2 cm³/mol. The number of nitrogens with zero attached hydrogens (tertiary/aromatic N) is 3. The molecule has 1 aromatic carbocycles. The van der Waals surface area contributed by atoms with Gasteiger partial charge in [-0.3, -0.25) is 14.5 Å². The summed E-state index contributed by atoms with van der Waals surface area (Å²) in [5, 5.41) is 2.62. The highest BCUT2D eigenvalue weighted by Gasteiger charge is 2.28. The van der Waals surface area contributed by atoms with Crippen molar-refractivity contribution in [2.45, 2.75) is 38.5 Å². The van der Waals surface area contributed by atoms with Crippen LogP contribution in [0.2, 0.25) is 0 Å². The number of thiazole rings is 1. The number of anilines is 2. The van der Waals surface area contributed by atoms with Gasteiger partial charge in [-0.05, 0) is 30.4 Å². The zero-order chi connectivity index (χ0) is 17.4. The molecule has 1 saturated heterocycles. The first-order valence-electron chi connectivity index (χ1n) is 8.77. The molecule has 3 heterocycles. The first-order valence-corrected chi connectivity index (χ1v) is 9.65. The molecule has 2 aliphatic rings. The van der Waals surface area contributed by atoms with Gasteiger partial charge < -0.3 is 4.90 Å². The molecular weight excluding hydrogens is 334 g/mol. The Kier molecular flexibility index (Phi) is 4.29. The van der Waals surface area contributed by atoms with Crippen LogP contribution in [0.1, 0.15) is 43.4 Å². The normalized spacial score (nSPS) is 20.0. The Balaban J connectivity index is 1.50. The first-order chi connectivity index (χ1) is 12.1. The standard InChI is InChI=1S/C19H21N3O2S/c1-13-8-10-21(16-6-3-2-5-15(13)16)18(24)11-14-12-25-19(20-14)22-9-4-7-17(22)23/h2-3,5-6,12-13H,4,7-11H2,1H3/t13-/m1/s1. The van der Waals surface area contributed by atoms with Crippen LogP contribution in [0.5, 0.6) is 0 Å². The van der Waals surface area contributed by atoms with Crippen molar-refractivity contribution in [3.05, 3.63) is 40.9 Å². The molecule has 1 atom stereocenters. The molecule has 130 valence electrons. The van der Waals surface area contributed by atoms with Gasteiger partial charge in [0, 0.05) is 30.6 Å². The summed E-state index contributed by atoms with van der Waals surface area (Å²) in [5.74, 6) is 0.683. The Hall–Kier alpha value is -2.21. The van der Waals surface area contributed by atoms with Gasteiger partial charge in [-0.2, -0.15) is 0 Å². The van der Waals surface area contributed by atoms with E-state index in [1.807, 2.05) is 28.5 Å². The van der Waals surface area contributed by atoms with E-state index in [4.69, 9.17) is 0 Å². The summed E-state index contributed by atoms with van der Waals surface area (Å²) in [6.45, 7) is 3.69. The van der Waals surface area contributed by atoms with Crippen LogP contribution in [0.25, 0.3) is 0 Å². The van der Waals surface area contributed by atoms with Crippen LogP contribution in [0.4, 0.5) is 10.8 Å². The maximum Gasteiger partial charge on any atom is 0.233 e. The minimum absolute atomic E-state index is 0.0731. The van der Waals surface area contributed by atoms with Crippen LogP contribution < -0.4 is 9.80 Å². The van der Waals surface area contributed by atoms with Crippen LogP contribution in [0.15, 0.2) is 29.6 Å². The number of hydrogen-bond acceptors (Lipinski definition) is 4. The molecular formula is C19H21N3O2S. The molecule has 2 aliphatic heterocycles. The summed E-state index contributed by atoms with van der Waals surface area (Å²) >= 11 is 1.45. The molecule has 0 spiro atoms. The second-order valence-electron chi connectivity index (χ2n) is 6.74. The highest BCUT2D eigenvalue weighted by atomic mass is 32.1. The number of benzene rings is 1. The van der Waals surface area contributed by atoms with Gasteiger partial charge >= 0.3 is 0 Å². The fourth-order valence-electron chi connectivity index (χ4n) is 3.61. The van der Waals surface area contributed by atoms with E-state index in [9.17, 15) is 9.59 Å². The van der Waals surface area contributed by atoms with Crippen LogP contribution in [0.3, 0.4) is 0 Å². The van der Waals surface area contributed by atoms with Gasteiger partial charge in [-0.15, -0.1) is 11.3 Å². The molecule has 4 rings (SSSR count). The lowest BCUT2D eigenvalue weighted by Crippen LogP contribution is -2.37. The monoisotopic (exact) mass is 355 g/mol. The van der Waals surface area contributed by atoms with Crippen LogP contribution in [-0.2, 0) is 16.0 Å². The number of aromatic nitrogens is 1. The van der Waals surface area contributed by atoms with E-state index in [2.05, 4.69) is 18.0 Å². The Bertz CT molecular complexity index is 817. The van der Waals surface area contributed by atoms with Crippen LogP contribution >= 0.6 is 11.3 Å². The molecule has 0 unspecified atom stereocenters. The average Bonchev–Trinajstić information content (AvgIpc) is 3.24. The van der Waals surface area contributed by atoms with E-state index in [0.717, 1.165) is 42.4 Å². The van der Waals surface area contributed by atoms with E-state index in [0.29, 0.717) is 12.3 Å². The van der Waals surface area contributed by atoms with Gasteiger partial charge in [-0.25, -0.2) is 4.98 Å². The number of carbonyl (C=O) groups excluding carboxylic acids is 2.